The van der Waals surface area contributed by atoms with Gasteiger partial charge >= 0.3 is 5.97 Å². The van der Waals surface area contributed by atoms with E-state index < -0.39 is 24.6 Å². The summed E-state index contributed by atoms with van der Waals surface area (Å²) in [6.45, 7) is 3.65. The lowest BCUT2D eigenvalue weighted by Gasteiger charge is -2.19. The van der Waals surface area contributed by atoms with Crippen LogP contribution in [0.2, 0.25) is 0 Å². The lowest BCUT2D eigenvalue weighted by Crippen LogP contribution is -2.22. The van der Waals surface area contributed by atoms with Crippen molar-refractivity contribution in [1.82, 2.24) is 0 Å². The summed E-state index contributed by atoms with van der Waals surface area (Å²) in [6.07, 6.45) is -3.04. The van der Waals surface area contributed by atoms with Crippen LogP contribution < -0.4 is 4.74 Å². The second-order valence-electron chi connectivity index (χ2n) is 4.30. The number of hydrogen-bond donors (Lipinski definition) is 3. The molecule has 0 aliphatic carbocycles. The SMILES string of the molecule is COc1c(C)cc(C(O)C(O)CC(=O)O)cc1C. The summed E-state index contributed by atoms with van der Waals surface area (Å²) in [5.41, 5.74) is 2.14. The fourth-order valence-electron chi connectivity index (χ4n) is 1.99. The molecule has 0 aromatic heterocycles. The van der Waals surface area contributed by atoms with E-state index in [1.807, 2.05) is 13.8 Å². The number of methoxy groups -OCH3 is 1. The van der Waals surface area contributed by atoms with Gasteiger partial charge in [0.25, 0.3) is 0 Å². The largest absolute Gasteiger partial charge is 0.496 e. The summed E-state index contributed by atoms with van der Waals surface area (Å²) in [4.78, 5) is 10.5. The Kier molecular flexibility index (Phi) is 4.69. The molecule has 2 unspecified atom stereocenters. The number of aryl methyl sites for hydroxylation is 2. The molecule has 18 heavy (non-hydrogen) atoms. The summed E-state index contributed by atoms with van der Waals surface area (Å²) in [5.74, 6) is -0.429. The van der Waals surface area contributed by atoms with Crippen LogP contribution in [0.15, 0.2) is 12.1 Å². The van der Waals surface area contributed by atoms with Crippen molar-refractivity contribution >= 4 is 5.97 Å². The van der Waals surface area contributed by atoms with E-state index in [9.17, 15) is 15.0 Å². The van der Waals surface area contributed by atoms with Crippen LogP contribution in [0, 0.1) is 13.8 Å². The van der Waals surface area contributed by atoms with Gasteiger partial charge in [-0.1, -0.05) is 0 Å². The molecule has 0 radical (unpaired) electrons. The monoisotopic (exact) mass is 254 g/mol. The molecule has 1 aromatic rings. The summed E-state index contributed by atoms with van der Waals surface area (Å²) in [5, 5.41) is 28.1. The molecule has 3 N–H and O–H groups in total. The highest BCUT2D eigenvalue weighted by atomic mass is 16.5. The zero-order valence-corrected chi connectivity index (χ0v) is 10.7. The second kappa shape index (κ2) is 5.84. The van der Waals surface area contributed by atoms with Crippen molar-refractivity contribution in [2.45, 2.75) is 32.5 Å². The van der Waals surface area contributed by atoms with E-state index >= 15 is 0 Å². The van der Waals surface area contributed by atoms with Gasteiger partial charge in [0.15, 0.2) is 0 Å². The van der Waals surface area contributed by atoms with Crippen LogP contribution in [0.3, 0.4) is 0 Å². The Morgan fingerprint density at radius 2 is 1.78 bits per heavy atom. The maximum atomic E-state index is 10.5. The first-order valence-corrected chi connectivity index (χ1v) is 5.60. The Balaban J connectivity index is 3.00. The van der Waals surface area contributed by atoms with Gasteiger partial charge < -0.3 is 20.1 Å². The highest BCUT2D eigenvalue weighted by molar-refractivity contribution is 5.67. The average Bonchev–Trinajstić information content (AvgIpc) is 2.26. The Labute approximate surface area is 106 Å². The van der Waals surface area contributed by atoms with E-state index in [-0.39, 0.29) is 0 Å². The molecule has 0 heterocycles. The maximum Gasteiger partial charge on any atom is 0.306 e. The second-order valence-corrected chi connectivity index (χ2v) is 4.30. The zero-order chi connectivity index (χ0) is 13.9. The quantitative estimate of drug-likeness (QED) is 0.734. The van der Waals surface area contributed by atoms with Gasteiger partial charge in [-0.25, -0.2) is 0 Å². The molecule has 0 amide bonds. The number of rotatable bonds is 5. The number of carboxylic acid groups (broad SMARTS) is 1. The van der Waals surface area contributed by atoms with E-state index in [0.717, 1.165) is 16.9 Å². The van der Waals surface area contributed by atoms with Crippen molar-refractivity contribution < 1.29 is 24.9 Å². The smallest absolute Gasteiger partial charge is 0.306 e. The minimum Gasteiger partial charge on any atom is -0.496 e. The van der Waals surface area contributed by atoms with Crippen LogP contribution in [0.1, 0.15) is 29.2 Å². The van der Waals surface area contributed by atoms with E-state index in [2.05, 4.69) is 0 Å². The predicted molar refractivity (Wildman–Crippen MR) is 65.7 cm³/mol. The molecule has 0 aliphatic rings. The molecule has 5 heteroatoms. The first-order chi connectivity index (χ1) is 8.36. The van der Waals surface area contributed by atoms with Gasteiger partial charge in [0.2, 0.25) is 0 Å². The topological polar surface area (TPSA) is 87.0 Å². The highest BCUT2D eigenvalue weighted by Gasteiger charge is 2.22. The number of benzene rings is 1. The van der Waals surface area contributed by atoms with Gasteiger partial charge in [0.1, 0.15) is 11.9 Å². The molecule has 1 aromatic carbocycles. The van der Waals surface area contributed by atoms with Crippen molar-refractivity contribution in [2.24, 2.45) is 0 Å². The Morgan fingerprint density at radius 3 is 2.17 bits per heavy atom. The van der Waals surface area contributed by atoms with Gasteiger partial charge in [-0.15, -0.1) is 0 Å². The van der Waals surface area contributed by atoms with E-state index in [4.69, 9.17) is 9.84 Å². The number of carboxylic acids is 1. The minimum atomic E-state index is -1.32. The third-order valence-corrected chi connectivity index (χ3v) is 2.78. The fourth-order valence-corrected chi connectivity index (χ4v) is 1.99. The van der Waals surface area contributed by atoms with E-state index in [1.54, 1.807) is 19.2 Å². The first-order valence-electron chi connectivity index (χ1n) is 5.60. The number of ether oxygens (including phenoxy) is 1. The molecule has 0 saturated heterocycles. The minimum absolute atomic E-state index is 0.486. The molecule has 0 fully saturated rings. The summed E-state index contributed by atoms with van der Waals surface area (Å²) in [6, 6.07) is 3.36. The Hall–Kier alpha value is -1.59. The molecular weight excluding hydrogens is 236 g/mol. The Morgan fingerprint density at radius 1 is 1.28 bits per heavy atom. The maximum absolute atomic E-state index is 10.5. The number of aliphatic carboxylic acids is 1. The molecule has 0 spiro atoms. The Bertz CT molecular complexity index is 418. The van der Waals surface area contributed by atoms with Crippen LogP contribution in [0.5, 0.6) is 5.75 Å². The number of hydrogen-bond acceptors (Lipinski definition) is 4. The van der Waals surface area contributed by atoms with Crippen LogP contribution in [0.4, 0.5) is 0 Å². The van der Waals surface area contributed by atoms with Crippen molar-refractivity contribution in [3.05, 3.63) is 28.8 Å². The predicted octanol–water partition coefficient (Wildman–Crippen LogP) is 1.18. The third-order valence-electron chi connectivity index (χ3n) is 2.78. The van der Waals surface area contributed by atoms with Crippen LogP contribution in [0.25, 0.3) is 0 Å². The molecule has 0 saturated carbocycles. The van der Waals surface area contributed by atoms with Crippen LogP contribution in [-0.2, 0) is 4.79 Å². The van der Waals surface area contributed by atoms with Gasteiger partial charge in [-0.2, -0.15) is 0 Å². The molecule has 0 bridgehead atoms. The lowest BCUT2D eigenvalue weighted by atomic mass is 9.97. The number of aliphatic hydroxyl groups excluding tert-OH is 2. The van der Waals surface area contributed by atoms with Crippen LogP contribution >= 0.6 is 0 Å². The lowest BCUT2D eigenvalue weighted by molar-refractivity contribution is -0.141. The van der Waals surface area contributed by atoms with Gasteiger partial charge in [0, 0.05) is 0 Å². The summed E-state index contributed by atoms with van der Waals surface area (Å²) in [7, 11) is 1.56. The van der Waals surface area contributed by atoms with Gasteiger partial charge in [0.05, 0.1) is 19.6 Å². The van der Waals surface area contributed by atoms with Crippen molar-refractivity contribution in [1.29, 1.82) is 0 Å². The number of aliphatic hydroxyl groups is 2. The normalized spacial score (nSPS) is 14.1. The summed E-state index contributed by atoms with van der Waals surface area (Å²) >= 11 is 0. The van der Waals surface area contributed by atoms with Gasteiger partial charge in [-0.3, -0.25) is 4.79 Å². The molecule has 0 aliphatic heterocycles. The highest BCUT2D eigenvalue weighted by Crippen LogP contribution is 2.28. The zero-order valence-electron chi connectivity index (χ0n) is 10.7. The van der Waals surface area contributed by atoms with Crippen molar-refractivity contribution in [2.75, 3.05) is 7.11 Å². The first kappa shape index (κ1) is 14.5. The number of carbonyl (C=O) groups is 1. The molecule has 2 atom stereocenters. The third kappa shape index (κ3) is 3.21. The summed E-state index contributed by atoms with van der Waals surface area (Å²) < 4.78 is 5.20. The van der Waals surface area contributed by atoms with E-state index in [1.165, 1.54) is 0 Å². The van der Waals surface area contributed by atoms with E-state index in [0.29, 0.717) is 5.56 Å². The van der Waals surface area contributed by atoms with Gasteiger partial charge in [-0.05, 0) is 42.7 Å². The molecule has 1 rings (SSSR count). The standard InChI is InChI=1S/C13H18O5/c1-7-4-9(5-8(2)13(7)18-3)12(17)10(14)6-11(15)16/h4-5,10,12,14,17H,6H2,1-3H3,(H,15,16). The fraction of sp³-hybridized carbons (Fsp3) is 0.462. The molecule has 100 valence electrons. The van der Waals surface area contributed by atoms with Crippen LogP contribution in [-0.4, -0.2) is 34.5 Å². The molecule has 5 nitrogen and oxygen atoms in total. The average molecular weight is 254 g/mol. The van der Waals surface area contributed by atoms with Crippen molar-refractivity contribution in [3.8, 4) is 5.75 Å². The van der Waals surface area contributed by atoms with Crippen molar-refractivity contribution in [3.63, 3.8) is 0 Å². The molecular formula is C13H18O5.